The molecule has 1 aromatic carbocycles. The zero-order chi connectivity index (χ0) is 15.4. The molecule has 0 bridgehead atoms. The first-order chi connectivity index (χ1) is 10.0. The zero-order valence-electron chi connectivity index (χ0n) is 11.7. The van der Waals surface area contributed by atoms with Gasteiger partial charge in [0.15, 0.2) is 5.82 Å². The van der Waals surface area contributed by atoms with Crippen molar-refractivity contribution in [2.24, 2.45) is 0 Å². The van der Waals surface area contributed by atoms with Gasteiger partial charge in [0.25, 0.3) is 0 Å². The molecule has 0 radical (unpaired) electrons. The van der Waals surface area contributed by atoms with Gasteiger partial charge in [-0.1, -0.05) is 5.21 Å². The Bertz CT molecular complexity index is 663. The number of esters is 1. The van der Waals surface area contributed by atoms with Crippen LogP contribution in [0.15, 0.2) is 24.3 Å². The molecule has 0 fully saturated rings. The highest BCUT2D eigenvalue weighted by molar-refractivity contribution is 5.92. The van der Waals surface area contributed by atoms with Crippen LogP contribution < -0.4 is 11.1 Å². The van der Waals surface area contributed by atoms with Gasteiger partial charge in [0.1, 0.15) is 0 Å². The number of ether oxygens (including phenoxy) is 1. The van der Waals surface area contributed by atoms with Gasteiger partial charge in [-0.3, -0.25) is 4.79 Å². The number of nitrogens with zero attached hydrogens (tertiary/aromatic N) is 3. The van der Waals surface area contributed by atoms with Gasteiger partial charge in [0.05, 0.1) is 12.3 Å². The molecule has 110 valence electrons. The van der Waals surface area contributed by atoms with E-state index >= 15 is 0 Å². The number of nitrogens with two attached hydrogens (primary N) is 1. The lowest BCUT2D eigenvalue weighted by atomic mass is 10.2. The Morgan fingerprint density at radius 3 is 2.57 bits per heavy atom. The first-order valence-corrected chi connectivity index (χ1v) is 6.29. The number of carbonyl (C=O) groups excluding carboxylic acids is 2. The van der Waals surface area contributed by atoms with Crippen molar-refractivity contribution in [1.82, 2.24) is 15.0 Å². The van der Waals surface area contributed by atoms with Crippen molar-refractivity contribution in [3.63, 3.8) is 0 Å². The van der Waals surface area contributed by atoms with Crippen LogP contribution in [0, 0.1) is 0 Å². The average Bonchev–Trinajstić information content (AvgIpc) is 2.81. The highest BCUT2D eigenvalue weighted by Gasteiger charge is 2.19. The molecule has 1 amide bonds. The molecular formula is C13H15N5O3. The van der Waals surface area contributed by atoms with Crippen molar-refractivity contribution >= 4 is 23.4 Å². The van der Waals surface area contributed by atoms with Gasteiger partial charge >= 0.3 is 5.97 Å². The molecule has 21 heavy (non-hydrogen) atoms. The highest BCUT2D eigenvalue weighted by Crippen LogP contribution is 2.18. The van der Waals surface area contributed by atoms with Crippen molar-refractivity contribution in [3.8, 4) is 5.69 Å². The van der Waals surface area contributed by atoms with Crippen LogP contribution in [0.1, 0.15) is 24.3 Å². The first-order valence-electron chi connectivity index (χ1n) is 6.29. The fourth-order valence-electron chi connectivity index (χ4n) is 1.71. The second kappa shape index (κ2) is 6.04. The number of carbonyl (C=O) groups is 2. The molecule has 0 aliphatic rings. The lowest BCUT2D eigenvalue weighted by Gasteiger charge is -2.05. The molecule has 0 saturated heterocycles. The normalized spacial score (nSPS) is 10.2. The van der Waals surface area contributed by atoms with Crippen LogP contribution in [0.4, 0.5) is 11.5 Å². The monoisotopic (exact) mass is 289 g/mol. The number of rotatable bonds is 4. The van der Waals surface area contributed by atoms with Crippen LogP contribution in [0.25, 0.3) is 5.69 Å². The molecule has 1 heterocycles. The van der Waals surface area contributed by atoms with Crippen LogP contribution in [0.2, 0.25) is 0 Å². The fourth-order valence-corrected chi connectivity index (χ4v) is 1.71. The maximum absolute atomic E-state index is 11.6. The Balaban J connectivity index is 2.26. The smallest absolute Gasteiger partial charge is 0.362 e. The minimum atomic E-state index is -0.615. The molecule has 2 rings (SSSR count). The number of benzene rings is 1. The van der Waals surface area contributed by atoms with Crippen molar-refractivity contribution in [2.75, 3.05) is 17.7 Å². The van der Waals surface area contributed by atoms with Crippen LogP contribution in [0.3, 0.4) is 0 Å². The molecule has 1 aromatic heterocycles. The summed E-state index contributed by atoms with van der Waals surface area (Å²) in [5, 5.41) is 10.2. The molecule has 8 heteroatoms. The molecule has 8 nitrogen and oxygen atoms in total. The summed E-state index contributed by atoms with van der Waals surface area (Å²) >= 11 is 0. The second-order valence-electron chi connectivity index (χ2n) is 4.18. The summed E-state index contributed by atoms with van der Waals surface area (Å²) in [5.41, 5.74) is 7.09. The van der Waals surface area contributed by atoms with E-state index in [4.69, 9.17) is 10.5 Å². The number of anilines is 2. The topological polar surface area (TPSA) is 112 Å². The Morgan fingerprint density at radius 2 is 2.00 bits per heavy atom. The largest absolute Gasteiger partial charge is 0.461 e. The lowest BCUT2D eigenvalue weighted by Crippen LogP contribution is -2.09. The van der Waals surface area contributed by atoms with Crippen LogP contribution in [-0.4, -0.2) is 33.5 Å². The summed E-state index contributed by atoms with van der Waals surface area (Å²) in [7, 11) is 0. The molecule has 0 aliphatic carbocycles. The van der Waals surface area contributed by atoms with Crippen molar-refractivity contribution in [3.05, 3.63) is 30.0 Å². The van der Waals surface area contributed by atoms with Gasteiger partial charge in [-0.05, 0) is 31.2 Å². The summed E-state index contributed by atoms with van der Waals surface area (Å²) in [6.45, 7) is 3.35. The number of hydrogen-bond donors (Lipinski definition) is 2. The summed E-state index contributed by atoms with van der Waals surface area (Å²) in [5.74, 6) is -0.676. The van der Waals surface area contributed by atoms with Crippen LogP contribution in [0.5, 0.6) is 0 Å². The van der Waals surface area contributed by atoms with E-state index in [1.165, 1.54) is 11.6 Å². The minimum Gasteiger partial charge on any atom is -0.461 e. The highest BCUT2D eigenvalue weighted by atomic mass is 16.5. The van der Waals surface area contributed by atoms with Crippen LogP contribution >= 0.6 is 0 Å². The molecule has 0 saturated carbocycles. The van der Waals surface area contributed by atoms with E-state index in [0.29, 0.717) is 11.4 Å². The number of aromatic nitrogens is 3. The SMILES string of the molecule is CCOC(=O)c1nnn(-c2ccc(NC(C)=O)cc2)c1N. The van der Waals surface area contributed by atoms with E-state index in [9.17, 15) is 9.59 Å². The summed E-state index contributed by atoms with van der Waals surface area (Å²) in [4.78, 5) is 22.6. The minimum absolute atomic E-state index is 0.0252. The Kier molecular flexibility index (Phi) is 4.17. The van der Waals surface area contributed by atoms with Gasteiger partial charge in [0.2, 0.25) is 11.6 Å². The molecule has 0 aliphatic heterocycles. The Labute approximate surface area is 120 Å². The van der Waals surface area contributed by atoms with Gasteiger partial charge in [0, 0.05) is 12.6 Å². The van der Waals surface area contributed by atoms with E-state index in [2.05, 4.69) is 15.6 Å². The Hall–Kier alpha value is -2.90. The maximum atomic E-state index is 11.6. The van der Waals surface area contributed by atoms with E-state index in [1.54, 1.807) is 31.2 Å². The molecule has 0 unspecified atom stereocenters. The van der Waals surface area contributed by atoms with E-state index in [-0.39, 0.29) is 24.0 Å². The number of nitrogens with one attached hydrogen (secondary N) is 1. The third-order valence-corrected chi connectivity index (χ3v) is 2.61. The van der Waals surface area contributed by atoms with Gasteiger partial charge in [-0.2, -0.15) is 4.68 Å². The summed E-state index contributed by atoms with van der Waals surface area (Å²) < 4.78 is 6.16. The fraction of sp³-hybridized carbons (Fsp3) is 0.231. The predicted octanol–water partition coefficient (Wildman–Crippen LogP) is 0.985. The summed E-state index contributed by atoms with van der Waals surface area (Å²) in [6.07, 6.45) is 0. The predicted molar refractivity (Wildman–Crippen MR) is 76.0 cm³/mol. The molecule has 0 atom stereocenters. The van der Waals surface area contributed by atoms with Crippen molar-refractivity contribution in [2.45, 2.75) is 13.8 Å². The van der Waals surface area contributed by atoms with E-state index in [0.717, 1.165) is 0 Å². The van der Waals surface area contributed by atoms with Crippen molar-refractivity contribution < 1.29 is 14.3 Å². The molecule has 0 spiro atoms. The average molecular weight is 289 g/mol. The van der Waals surface area contributed by atoms with Gasteiger partial charge in [-0.25, -0.2) is 4.79 Å². The lowest BCUT2D eigenvalue weighted by molar-refractivity contribution is -0.114. The van der Waals surface area contributed by atoms with Gasteiger partial charge < -0.3 is 15.8 Å². The third kappa shape index (κ3) is 3.16. The van der Waals surface area contributed by atoms with E-state index < -0.39 is 5.97 Å². The number of nitrogen functional groups attached to an aromatic ring is 1. The molecule has 3 N–H and O–H groups in total. The van der Waals surface area contributed by atoms with E-state index in [1.807, 2.05) is 0 Å². The second-order valence-corrected chi connectivity index (χ2v) is 4.18. The van der Waals surface area contributed by atoms with Gasteiger partial charge in [-0.15, -0.1) is 5.10 Å². The first kappa shape index (κ1) is 14.5. The summed E-state index contributed by atoms with van der Waals surface area (Å²) in [6, 6.07) is 6.79. The maximum Gasteiger partial charge on any atom is 0.362 e. The van der Waals surface area contributed by atoms with Crippen molar-refractivity contribution in [1.29, 1.82) is 0 Å². The van der Waals surface area contributed by atoms with Crippen LogP contribution in [-0.2, 0) is 9.53 Å². The third-order valence-electron chi connectivity index (χ3n) is 2.61. The molecule has 2 aromatic rings. The Morgan fingerprint density at radius 1 is 1.33 bits per heavy atom. The number of amides is 1. The molecular weight excluding hydrogens is 274 g/mol. The standard InChI is InChI=1S/C13H15N5O3/c1-3-21-13(20)11-12(14)18(17-16-11)10-6-4-9(5-7-10)15-8(2)19/h4-7H,3,14H2,1-2H3,(H,15,19). The quantitative estimate of drug-likeness (QED) is 0.811. The number of hydrogen-bond acceptors (Lipinski definition) is 6. The zero-order valence-corrected chi connectivity index (χ0v) is 11.7.